The van der Waals surface area contributed by atoms with Gasteiger partial charge in [0.25, 0.3) is 0 Å². The van der Waals surface area contributed by atoms with Crippen molar-refractivity contribution in [3.05, 3.63) is 71.4 Å². The standard InChI is InChI=1S/C25H24F3NO3S3/c26-25(27,28)35-21-10-7-18-6-9-20(29-22(18)16-21)8-5-17-3-1-4-19(15-17)24(33-13-2-12-30)34-14-11-23(31)32/h1,3-10,15-16,24,30H,2,11-14H2,(H,31,32). The summed E-state index contributed by atoms with van der Waals surface area (Å²) in [6, 6.07) is 16.0. The number of benzene rings is 2. The highest BCUT2D eigenvalue weighted by Gasteiger charge is 2.29. The topological polar surface area (TPSA) is 70.4 Å². The van der Waals surface area contributed by atoms with Crippen molar-refractivity contribution in [2.75, 3.05) is 18.1 Å². The van der Waals surface area contributed by atoms with E-state index >= 15 is 0 Å². The number of halogens is 3. The number of aliphatic hydroxyl groups is 1. The van der Waals surface area contributed by atoms with Crippen LogP contribution in [0, 0.1) is 0 Å². The lowest BCUT2D eigenvalue weighted by molar-refractivity contribution is -0.136. The first-order valence-corrected chi connectivity index (χ1v) is 13.7. The molecule has 0 radical (unpaired) electrons. The zero-order chi connectivity index (χ0) is 25.3. The molecule has 1 heterocycles. The molecule has 2 aromatic carbocycles. The van der Waals surface area contributed by atoms with Crippen LogP contribution >= 0.6 is 35.3 Å². The lowest BCUT2D eigenvalue weighted by atomic mass is 10.1. The molecule has 2 N–H and O–H groups in total. The van der Waals surface area contributed by atoms with E-state index in [1.165, 1.54) is 12.1 Å². The maximum atomic E-state index is 12.7. The molecule has 0 fully saturated rings. The molecule has 0 aliphatic rings. The fourth-order valence-electron chi connectivity index (χ4n) is 3.14. The number of aliphatic carboxylic acids is 1. The van der Waals surface area contributed by atoms with E-state index in [2.05, 4.69) is 4.98 Å². The summed E-state index contributed by atoms with van der Waals surface area (Å²) in [4.78, 5) is 15.5. The molecular weight excluding hydrogens is 515 g/mol. The van der Waals surface area contributed by atoms with Gasteiger partial charge >= 0.3 is 11.5 Å². The fraction of sp³-hybridized carbons (Fsp3) is 0.280. The third-order valence-electron chi connectivity index (χ3n) is 4.70. The first kappa shape index (κ1) is 27.4. The number of aromatic nitrogens is 1. The Morgan fingerprint density at radius 2 is 1.80 bits per heavy atom. The molecule has 0 bridgehead atoms. The molecule has 0 saturated carbocycles. The van der Waals surface area contributed by atoms with Crippen molar-refractivity contribution in [2.24, 2.45) is 0 Å². The molecule has 35 heavy (non-hydrogen) atoms. The van der Waals surface area contributed by atoms with Crippen LogP contribution in [0.5, 0.6) is 0 Å². The highest BCUT2D eigenvalue weighted by molar-refractivity contribution is 8.16. The van der Waals surface area contributed by atoms with Crippen molar-refractivity contribution in [2.45, 2.75) is 27.8 Å². The summed E-state index contributed by atoms with van der Waals surface area (Å²) < 4.78 is 38.1. The van der Waals surface area contributed by atoms with Gasteiger partial charge in [0.15, 0.2) is 0 Å². The van der Waals surface area contributed by atoms with E-state index < -0.39 is 11.5 Å². The maximum absolute atomic E-state index is 12.7. The highest BCUT2D eigenvalue weighted by atomic mass is 32.2. The molecule has 3 aromatic rings. The predicted molar refractivity (Wildman–Crippen MR) is 141 cm³/mol. The van der Waals surface area contributed by atoms with Gasteiger partial charge in [-0.25, -0.2) is 4.98 Å². The Morgan fingerprint density at radius 3 is 2.54 bits per heavy atom. The van der Waals surface area contributed by atoms with Gasteiger partial charge in [-0.3, -0.25) is 4.79 Å². The number of hydrogen-bond acceptors (Lipinski definition) is 6. The average Bonchev–Trinajstić information content (AvgIpc) is 2.80. The maximum Gasteiger partial charge on any atom is 0.446 e. The van der Waals surface area contributed by atoms with E-state index in [0.29, 0.717) is 23.4 Å². The summed E-state index contributed by atoms with van der Waals surface area (Å²) in [6.45, 7) is 0.109. The molecule has 3 rings (SSSR count). The Bertz CT molecular complexity index is 1170. The Labute approximate surface area is 214 Å². The van der Waals surface area contributed by atoms with Crippen LogP contribution in [0.3, 0.4) is 0 Å². The lowest BCUT2D eigenvalue weighted by Gasteiger charge is -2.17. The minimum atomic E-state index is -4.35. The second-order valence-corrected chi connectivity index (χ2v) is 11.3. The lowest BCUT2D eigenvalue weighted by Crippen LogP contribution is -1.99. The number of thioether (sulfide) groups is 3. The van der Waals surface area contributed by atoms with Crippen LogP contribution in [0.4, 0.5) is 13.2 Å². The van der Waals surface area contributed by atoms with Crippen LogP contribution in [0.2, 0.25) is 0 Å². The third-order valence-corrected chi connectivity index (χ3v) is 8.36. The van der Waals surface area contributed by atoms with Crippen molar-refractivity contribution in [3.63, 3.8) is 0 Å². The van der Waals surface area contributed by atoms with Gasteiger partial charge in [-0.2, -0.15) is 13.2 Å². The first-order valence-electron chi connectivity index (χ1n) is 10.7. The van der Waals surface area contributed by atoms with E-state index in [0.717, 1.165) is 22.3 Å². The van der Waals surface area contributed by atoms with Gasteiger partial charge in [0.2, 0.25) is 0 Å². The molecule has 1 atom stereocenters. The number of carbonyl (C=O) groups is 1. The second kappa shape index (κ2) is 13.2. The first-order chi connectivity index (χ1) is 16.7. The number of alkyl halides is 3. The number of nitrogens with zero attached hydrogens (tertiary/aromatic N) is 1. The monoisotopic (exact) mass is 539 g/mol. The van der Waals surface area contributed by atoms with Crippen molar-refractivity contribution in [3.8, 4) is 0 Å². The fourth-order valence-corrected chi connectivity index (χ4v) is 6.37. The number of pyridine rings is 1. The summed E-state index contributed by atoms with van der Waals surface area (Å²) in [5, 5.41) is 18.8. The summed E-state index contributed by atoms with van der Waals surface area (Å²) >= 11 is 3.08. The molecule has 1 aromatic heterocycles. The SMILES string of the molecule is O=C(O)CCSC(SCCCO)c1cccc(C=Cc2ccc3ccc(SC(F)(F)F)cc3n2)c1. The average molecular weight is 540 g/mol. The van der Waals surface area contributed by atoms with Gasteiger partial charge < -0.3 is 10.2 Å². The van der Waals surface area contributed by atoms with Crippen molar-refractivity contribution in [1.82, 2.24) is 4.98 Å². The largest absolute Gasteiger partial charge is 0.481 e. The molecule has 10 heteroatoms. The number of carboxylic acid groups (broad SMARTS) is 1. The smallest absolute Gasteiger partial charge is 0.446 e. The molecule has 0 spiro atoms. The summed E-state index contributed by atoms with van der Waals surface area (Å²) in [6.07, 6.45) is 4.45. The Hall–Kier alpha value is -2.14. The number of aliphatic hydroxyl groups excluding tert-OH is 1. The summed E-state index contributed by atoms with van der Waals surface area (Å²) in [5.74, 6) is 0.416. The molecule has 0 saturated heterocycles. The number of hydrogen-bond donors (Lipinski definition) is 2. The molecule has 4 nitrogen and oxygen atoms in total. The highest BCUT2D eigenvalue weighted by Crippen LogP contribution is 2.40. The van der Waals surface area contributed by atoms with Gasteiger partial charge in [0, 0.05) is 22.6 Å². The molecule has 1 unspecified atom stereocenters. The van der Waals surface area contributed by atoms with Crippen LogP contribution in [0.1, 0.15) is 34.2 Å². The molecule has 186 valence electrons. The second-order valence-electron chi connectivity index (χ2n) is 7.44. The third kappa shape index (κ3) is 9.44. The van der Waals surface area contributed by atoms with E-state index in [1.807, 2.05) is 48.6 Å². The van der Waals surface area contributed by atoms with Gasteiger partial charge in [0.1, 0.15) is 0 Å². The number of rotatable bonds is 12. The van der Waals surface area contributed by atoms with Gasteiger partial charge in [-0.1, -0.05) is 36.4 Å². The summed E-state index contributed by atoms with van der Waals surface area (Å²) in [5.41, 5.74) is -1.26. The van der Waals surface area contributed by atoms with Gasteiger partial charge in [0.05, 0.1) is 22.2 Å². The summed E-state index contributed by atoms with van der Waals surface area (Å²) in [7, 11) is 0. The molecule has 0 aliphatic carbocycles. The zero-order valence-electron chi connectivity index (χ0n) is 18.6. The van der Waals surface area contributed by atoms with Crippen LogP contribution in [0.15, 0.2) is 59.5 Å². The minimum Gasteiger partial charge on any atom is -0.481 e. The van der Waals surface area contributed by atoms with Gasteiger partial charge in [-0.15, -0.1) is 23.5 Å². The van der Waals surface area contributed by atoms with Crippen molar-refractivity contribution < 1.29 is 28.2 Å². The Morgan fingerprint density at radius 1 is 1.03 bits per heavy atom. The van der Waals surface area contributed by atoms with Crippen LogP contribution < -0.4 is 0 Å². The zero-order valence-corrected chi connectivity index (χ0v) is 21.0. The predicted octanol–water partition coefficient (Wildman–Crippen LogP) is 7.34. The van der Waals surface area contributed by atoms with Crippen molar-refractivity contribution >= 4 is 64.3 Å². The number of fused-ring (bicyclic) bond motifs is 1. The molecule has 0 aliphatic heterocycles. The quantitative estimate of drug-likeness (QED) is 0.142. The van der Waals surface area contributed by atoms with E-state index in [9.17, 15) is 18.0 Å². The Balaban J connectivity index is 1.76. The molecular formula is C25H24F3NO3S3. The Kier molecular flexibility index (Phi) is 10.4. The van der Waals surface area contributed by atoms with Crippen LogP contribution in [-0.2, 0) is 4.79 Å². The van der Waals surface area contributed by atoms with Crippen LogP contribution in [0.25, 0.3) is 23.1 Å². The van der Waals surface area contributed by atoms with Gasteiger partial charge in [-0.05, 0) is 65.4 Å². The van der Waals surface area contributed by atoms with E-state index in [4.69, 9.17) is 10.2 Å². The normalized spacial score (nSPS) is 12.9. The minimum absolute atomic E-state index is 0.0394. The van der Waals surface area contributed by atoms with E-state index in [1.54, 1.807) is 29.6 Å². The molecule has 0 amide bonds. The van der Waals surface area contributed by atoms with Crippen molar-refractivity contribution in [1.29, 1.82) is 0 Å². The van der Waals surface area contributed by atoms with Crippen LogP contribution in [-0.4, -0.2) is 44.8 Å². The van der Waals surface area contributed by atoms with E-state index in [-0.39, 0.29) is 34.3 Å². The number of carboxylic acids is 1.